The van der Waals surface area contributed by atoms with E-state index >= 15 is 0 Å². The molecule has 0 aromatic carbocycles. The molecule has 2 nitrogen and oxygen atoms in total. The summed E-state index contributed by atoms with van der Waals surface area (Å²) in [5, 5.41) is 0. The lowest BCUT2D eigenvalue weighted by molar-refractivity contribution is -0.148. The molecule has 0 unspecified atom stereocenters. The van der Waals surface area contributed by atoms with E-state index in [1.54, 1.807) is 6.08 Å². The Hall–Kier alpha value is -0.790. The van der Waals surface area contributed by atoms with Crippen LogP contribution >= 0.6 is 0 Å². The minimum Gasteiger partial charge on any atom is -0.457 e. The number of esters is 1. The normalized spacial score (nSPS) is 13.2. The number of hydrogen-bond acceptors (Lipinski definition) is 2. The van der Waals surface area contributed by atoms with Crippen molar-refractivity contribution < 1.29 is 9.53 Å². The van der Waals surface area contributed by atoms with Gasteiger partial charge in [0.25, 0.3) is 0 Å². The topological polar surface area (TPSA) is 26.3 Å². The van der Waals surface area contributed by atoms with Gasteiger partial charge in [-0.05, 0) is 40.0 Å². The summed E-state index contributed by atoms with van der Waals surface area (Å²) in [4.78, 5) is 11.4. The summed E-state index contributed by atoms with van der Waals surface area (Å²) >= 11 is 0. The molecule has 0 amide bonds. The molecule has 0 aliphatic carbocycles. The van der Waals surface area contributed by atoms with Crippen LogP contribution in [0, 0.1) is 5.92 Å². The zero-order valence-corrected chi connectivity index (χ0v) is 10.2. The van der Waals surface area contributed by atoms with E-state index in [4.69, 9.17) is 4.74 Å². The average Bonchev–Trinajstić information content (AvgIpc) is 1.77. The molecule has 0 bridgehead atoms. The van der Waals surface area contributed by atoms with E-state index in [2.05, 4.69) is 13.8 Å². The van der Waals surface area contributed by atoms with Crippen LogP contribution in [0.2, 0.25) is 0 Å². The van der Waals surface area contributed by atoms with Crippen molar-refractivity contribution in [3.63, 3.8) is 0 Å². The van der Waals surface area contributed by atoms with Gasteiger partial charge in [0.2, 0.25) is 0 Å². The van der Waals surface area contributed by atoms with Gasteiger partial charge in [0.15, 0.2) is 0 Å². The fourth-order valence-corrected chi connectivity index (χ4v) is 1.24. The highest BCUT2D eigenvalue weighted by molar-refractivity contribution is 5.83. The molecule has 0 N–H and O–H groups in total. The minimum atomic E-state index is -0.397. The number of rotatable bonds is 3. The summed E-state index contributed by atoms with van der Waals surface area (Å²) in [6.45, 7) is 11.8. The highest BCUT2D eigenvalue weighted by Crippen LogP contribution is 2.12. The first-order valence-corrected chi connectivity index (χ1v) is 5.11. The van der Waals surface area contributed by atoms with E-state index in [9.17, 15) is 4.79 Å². The Bertz CT molecular complexity index is 219. The molecular weight excluding hydrogens is 176 g/mol. The van der Waals surface area contributed by atoms with Gasteiger partial charge in [-0.25, -0.2) is 4.79 Å². The van der Waals surface area contributed by atoms with Gasteiger partial charge in [-0.3, -0.25) is 0 Å². The Balaban J connectivity index is 4.16. The monoisotopic (exact) mass is 198 g/mol. The van der Waals surface area contributed by atoms with Gasteiger partial charge in [-0.15, -0.1) is 0 Å². The van der Waals surface area contributed by atoms with Crippen LogP contribution in [0.15, 0.2) is 11.6 Å². The highest BCUT2D eigenvalue weighted by Gasteiger charge is 2.14. The fourth-order valence-electron chi connectivity index (χ4n) is 1.24. The Labute approximate surface area is 87.3 Å². The molecule has 0 aliphatic heterocycles. The number of allylic oxidation sites excluding steroid dienone is 1. The standard InChI is InChI=1S/C12H22O2/c1-9(2)7-10(3)8-11(13)14-12(4,5)6/h8-9H,7H2,1-6H3/b10-8+. The van der Waals surface area contributed by atoms with Crippen LogP contribution in [0.3, 0.4) is 0 Å². The first kappa shape index (κ1) is 13.2. The summed E-state index contributed by atoms with van der Waals surface area (Å²) < 4.78 is 5.17. The largest absolute Gasteiger partial charge is 0.457 e. The fraction of sp³-hybridized carbons (Fsp3) is 0.750. The molecule has 0 saturated carbocycles. The van der Waals surface area contributed by atoms with Gasteiger partial charge >= 0.3 is 5.97 Å². The van der Waals surface area contributed by atoms with E-state index in [0.717, 1.165) is 12.0 Å². The Kier molecular flexibility index (Phi) is 4.89. The third-order valence-electron chi connectivity index (χ3n) is 1.50. The van der Waals surface area contributed by atoms with Crippen LogP contribution in [0.5, 0.6) is 0 Å². The predicted octanol–water partition coefficient (Wildman–Crippen LogP) is 3.32. The van der Waals surface area contributed by atoms with Gasteiger partial charge in [-0.1, -0.05) is 19.4 Å². The number of carbonyl (C=O) groups excluding carboxylic acids is 1. The van der Waals surface area contributed by atoms with E-state index in [0.29, 0.717) is 5.92 Å². The van der Waals surface area contributed by atoms with Gasteiger partial charge in [0.05, 0.1) is 0 Å². The van der Waals surface area contributed by atoms with E-state index in [1.807, 2.05) is 27.7 Å². The molecule has 82 valence electrons. The summed E-state index contributed by atoms with van der Waals surface area (Å²) in [5.74, 6) is 0.337. The lowest BCUT2D eigenvalue weighted by Crippen LogP contribution is -2.22. The van der Waals surface area contributed by atoms with Crippen LogP contribution < -0.4 is 0 Å². The molecule has 0 aromatic rings. The summed E-state index contributed by atoms with van der Waals surface area (Å²) in [5.41, 5.74) is 0.681. The van der Waals surface area contributed by atoms with Crippen LogP contribution in [-0.4, -0.2) is 11.6 Å². The Morgan fingerprint density at radius 3 is 2.21 bits per heavy atom. The van der Waals surface area contributed by atoms with Crippen molar-refractivity contribution in [2.24, 2.45) is 5.92 Å². The third kappa shape index (κ3) is 7.84. The van der Waals surface area contributed by atoms with Gasteiger partial charge in [-0.2, -0.15) is 0 Å². The molecule has 14 heavy (non-hydrogen) atoms. The molecule has 0 radical (unpaired) electrons. The minimum absolute atomic E-state index is 0.240. The van der Waals surface area contributed by atoms with Crippen LogP contribution in [0.25, 0.3) is 0 Å². The number of hydrogen-bond donors (Lipinski definition) is 0. The van der Waals surface area contributed by atoms with E-state index in [-0.39, 0.29) is 5.97 Å². The Morgan fingerprint density at radius 2 is 1.86 bits per heavy atom. The predicted molar refractivity (Wildman–Crippen MR) is 59.1 cm³/mol. The zero-order valence-electron chi connectivity index (χ0n) is 10.2. The molecule has 0 aromatic heterocycles. The van der Waals surface area contributed by atoms with Gasteiger partial charge < -0.3 is 4.74 Å². The van der Waals surface area contributed by atoms with E-state index in [1.165, 1.54) is 0 Å². The van der Waals surface area contributed by atoms with Crippen molar-refractivity contribution in [2.75, 3.05) is 0 Å². The first-order valence-electron chi connectivity index (χ1n) is 5.11. The maximum atomic E-state index is 11.4. The first-order chi connectivity index (χ1) is 6.20. The molecule has 2 heteroatoms. The average molecular weight is 198 g/mol. The molecule has 0 rings (SSSR count). The maximum Gasteiger partial charge on any atom is 0.331 e. The Morgan fingerprint density at radius 1 is 1.36 bits per heavy atom. The SMILES string of the molecule is C/C(=C\C(=O)OC(C)(C)C)CC(C)C. The molecule has 0 spiro atoms. The van der Waals surface area contributed by atoms with Gasteiger partial charge in [0, 0.05) is 6.08 Å². The van der Waals surface area contributed by atoms with Crippen molar-refractivity contribution in [2.45, 2.75) is 53.6 Å². The van der Waals surface area contributed by atoms with Crippen molar-refractivity contribution in [3.05, 3.63) is 11.6 Å². The molecule has 0 saturated heterocycles. The lowest BCUT2D eigenvalue weighted by atomic mass is 10.0. The molecule has 0 atom stereocenters. The van der Waals surface area contributed by atoms with Crippen molar-refractivity contribution >= 4 is 5.97 Å². The van der Waals surface area contributed by atoms with Crippen molar-refractivity contribution in [3.8, 4) is 0 Å². The molecule has 0 fully saturated rings. The van der Waals surface area contributed by atoms with Crippen molar-refractivity contribution in [1.82, 2.24) is 0 Å². The molecular formula is C12H22O2. The quantitative estimate of drug-likeness (QED) is 0.513. The second kappa shape index (κ2) is 5.18. The molecule has 0 heterocycles. The van der Waals surface area contributed by atoms with Crippen LogP contribution in [0.1, 0.15) is 48.0 Å². The van der Waals surface area contributed by atoms with E-state index < -0.39 is 5.60 Å². The third-order valence-corrected chi connectivity index (χ3v) is 1.50. The second-order valence-corrected chi connectivity index (χ2v) is 5.12. The molecule has 0 aliphatic rings. The number of ether oxygens (including phenoxy) is 1. The summed E-state index contributed by atoms with van der Waals surface area (Å²) in [6, 6.07) is 0. The summed E-state index contributed by atoms with van der Waals surface area (Å²) in [6.07, 6.45) is 2.53. The van der Waals surface area contributed by atoms with Crippen molar-refractivity contribution in [1.29, 1.82) is 0 Å². The maximum absolute atomic E-state index is 11.4. The lowest BCUT2D eigenvalue weighted by Gasteiger charge is -2.18. The zero-order chi connectivity index (χ0) is 11.4. The van der Waals surface area contributed by atoms with Gasteiger partial charge in [0.1, 0.15) is 5.60 Å². The summed E-state index contributed by atoms with van der Waals surface area (Å²) in [7, 11) is 0. The number of carbonyl (C=O) groups is 1. The van der Waals surface area contributed by atoms with Crippen LogP contribution in [0.4, 0.5) is 0 Å². The second-order valence-electron chi connectivity index (χ2n) is 5.12. The van der Waals surface area contributed by atoms with Crippen LogP contribution in [-0.2, 0) is 9.53 Å². The highest BCUT2D eigenvalue weighted by atomic mass is 16.6. The smallest absolute Gasteiger partial charge is 0.331 e.